The van der Waals surface area contributed by atoms with Crippen LogP contribution in [0.3, 0.4) is 0 Å². The minimum absolute atomic E-state index is 0.0240. The van der Waals surface area contributed by atoms with E-state index >= 15 is 0 Å². The van der Waals surface area contributed by atoms with Gasteiger partial charge in [-0.25, -0.2) is 9.97 Å². The lowest BCUT2D eigenvalue weighted by atomic mass is 9.92. The molecule has 0 aliphatic heterocycles. The fourth-order valence-corrected chi connectivity index (χ4v) is 2.92. The number of rotatable bonds is 5. The molecule has 9 heteroatoms. The molecular weight excluding hydrogens is 363 g/mol. The van der Waals surface area contributed by atoms with Crippen LogP contribution in [0.25, 0.3) is 0 Å². The van der Waals surface area contributed by atoms with Crippen molar-refractivity contribution >= 4 is 5.91 Å². The Kier molecular flexibility index (Phi) is 5.78. The Bertz CT molecular complexity index is 763. The minimum Gasteiger partial charge on any atom is -0.460 e. The lowest BCUT2D eigenvalue weighted by Gasteiger charge is -2.28. The van der Waals surface area contributed by atoms with Crippen LogP contribution in [0.5, 0.6) is 11.8 Å². The number of nitrogens with one attached hydrogen (secondary N) is 1. The number of carbonyl (C=O) groups excluding carboxylic acids is 1. The summed E-state index contributed by atoms with van der Waals surface area (Å²) >= 11 is 0. The number of ether oxygens (including phenoxy) is 2. The first kappa shape index (κ1) is 18.9. The molecule has 0 radical (unpaired) electrons. The van der Waals surface area contributed by atoms with Gasteiger partial charge in [0.1, 0.15) is 11.9 Å². The van der Waals surface area contributed by atoms with Crippen LogP contribution in [-0.4, -0.2) is 34.4 Å². The Balaban J connectivity index is 1.50. The summed E-state index contributed by atoms with van der Waals surface area (Å²) in [6.07, 6.45) is 1.22. The first-order chi connectivity index (χ1) is 12.9. The van der Waals surface area contributed by atoms with Gasteiger partial charge in [0.25, 0.3) is 5.91 Å². The number of hydrogen-bond acceptors (Lipinski definition) is 5. The van der Waals surface area contributed by atoms with Crippen molar-refractivity contribution in [2.75, 3.05) is 0 Å². The number of alkyl halides is 3. The van der Waals surface area contributed by atoms with Gasteiger partial charge in [-0.3, -0.25) is 4.79 Å². The molecule has 0 unspecified atom stereocenters. The Hall–Kier alpha value is -2.84. The second-order valence-corrected chi connectivity index (χ2v) is 6.17. The fourth-order valence-electron chi connectivity index (χ4n) is 2.92. The Morgan fingerprint density at radius 1 is 1.07 bits per heavy atom. The highest BCUT2D eigenvalue weighted by Crippen LogP contribution is 2.25. The molecule has 1 fully saturated rings. The second-order valence-electron chi connectivity index (χ2n) is 6.17. The molecule has 1 heterocycles. The first-order valence-corrected chi connectivity index (χ1v) is 8.49. The number of carbonyl (C=O) groups is 1. The van der Waals surface area contributed by atoms with Gasteiger partial charge in [0.15, 0.2) is 0 Å². The number of halogens is 3. The smallest absolute Gasteiger partial charge is 0.460 e. The van der Waals surface area contributed by atoms with E-state index in [4.69, 9.17) is 4.74 Å². The van der Waals surface area contributed by atoms with E-state index in [0.717, 1.165) is 25.0 Å². The summed E-state index contributed by atoms with van der Waals surface area (Å²) in [7, 11) is 0. The summed E-state index contributed by atoms with van der Waals surface area (Å²) in [5, 5.41) is 2.85. The van der Waals surface area contributed by atoms with Crippen molar-refractivity contribution in [1.82, 2.24) is 15.3 Å². The monoisotopic (exact) mass is 381 g/mol. The maximum Gasteiger partial charge on any atom is 0.573 e. The Labute approximate surface area is 153 Å². The van der Waals surface area contributed by atoms with Gasteiger partial charge in [-0.1, -0.05) is 6.07 Å². The molecule has 1 aliphatic carbocycles. The van der Waals surface area contributed by atoms with Gasteiger partial charge < -0.3 is 14.8 Å². The number of benzene rings is 1. The normalized spacial score (nSPS) is 20.0. The highest BCUT2D eigenvalue weighted by Gasteiger charge is 2.31. The number of hydrogen-bond donors (Lipinski definition) is 1. The molecule has 1 amide bonds. The van der Waals surface area contributed by atoms with Crippen LogP contribution in [0.4, 0.5) is 13.2 Å². The van der Waals surface area contributed by atoms with Crippen LogP contribution in [0.1, 0.15) is 36.0 Å². The Morgan fingerprint density at radius 3 is 2.44 bits per heavy atom. The third kappa shape index (κ3) is 5.83. The van der Waals surface area contributed by atoms with Crippen molar-refractivity contribution in [3.05, 3.63) is 48.3 Å². The van der Waals surface area contributed by atoms with Crippen molar-refractivity contribution < 1.29 is 27.4 Å². The lowest BCUT2D eigenvalue weighted by Crippen LogP contribution is -2.39. The van der Waals surface area contributed by atoms with E-state index < -0.39 is 18.0 Å². The molecule has 1 aliphatic rings. The topological polar surface area (TPSA) is 73.3 Å². The molecular formula is C18H18F3N3O3. The molecule has 0 atom stereocenters. The van der Waals surface area contributed by atoms with Gasteiger partial charge in [0.05, 0.1) is 0 Å². The molecule has 1 N–H and O–H groups in total. The van der Waals surface area contributed by atoms with E-state index in [1.807, 2.05) is 0 Å². The zero-order valence-corrected chi connectivity index (χ0v) is 14.3. The predicted octanol–water partition coefficient (Wildman–Crippen LogP) is 3.50. The van der Waals surface area contributed by atoms with Gasteiger partial charge in [0, 0.05) is 24.0 Å². The van der Waals surface area contributed by atoms with Crippen LogP contribution in [-0.2, 0) is 0 Å². The van der Waals surface area contributed by atoms with E-state index in [-0.39, 0.29) is 17.7 Å². The summed E-state index contributed by atoms with van der Waals surface area (Å²) in [6, 6.07) is 6.98. The van der Waals surface area contributed by atoms with Crippen LogP contribution in [0.15, 0.2) is 42.7 Å². The standard InChI is InChI=1S/C18H18F3N3O3/c19-18(20,21)27-15-4-1-3-12(11-15)16(25)24-13-5-7-14(8-6-13)26-17-22-9-2-10-23-17/h1-4,9-11,13-14H,5-8H2,(H,24,25). The van der Waals surface area contributed by atoms with Gasteiger partial charge in [0.2, 0.25) is 0 Å². The molecule has 27 heavy (non-hydrogen) atoms. The maximum atomic E-state index is 12.3. The largest absolute Gasteiger partial charge is 0.573 e. The molecule has 1 aromatic heterocycles. The van der Waals surface area contributed by atoms with Crippen LogP contribution >= 0.6 is 0 Å². The van der Waals surface area contributed by atoms with Crippen LogP contribution in [0, 0.1) is 0 Å². The molecule has 1 aromatic carbocycles. The number of amides is 1. The van der Waals surface area contributed by atoms with Crippen LogP contribution in [0.2, 0.25) is 0 Å². The zero-order chi connectivity index (χ0) is 19.3. The second kappa shape index (κ2) is 8.24. The van der Waals surface area contributed by atoms with E-state index in [1.54, 1.807) is 18.5 Å². The quantitative estimate of drug-likeness (QED) is 0.858. The molecule has 0 saturated heterocycles. The highest BCUT2D eigenvalue weighted by atomic mass is 19.4. The molecule has 0 bridgehead atoms. The molecule has 6 nitrogen and oxygen atoms in total. The maximum absolute atomic E-state index is 12.3. The van der Waals surface area contributed by atoms with Gasteiger partial charge in [-0.05, 0) is 49.9 Å². The molecule has 0 spiro atoms. The average Bonchev–Trinajstić information content (AvgIpc) is 2.63. The van der Waals surface area contributed by atoms with E-state index in [2.05, 4.69) is 20.0 Å². The van der Waals surface area contributed by atoms with E-state index in [9.17, 15) is 18.0 Å². The van der Waals surface area contributed by atoms with Crippen molar-refractivity contribution in [2.24, 2.45) is 0 Å². The van der Waals surface area contributed by atoms with Gasteiger partial charge in [-0.2, -0.15) is 0 Å². The van der Waals surface area contributed by atoms with Crippen LogP contribution < -0.4 is 14.8 Å². The summed E-state index contributed by atoms with van der Waals surface area (Å²) in [5.74, 6) is -0.853. The van der Waals surface area contributed by atoms with E-state index in [1.165, 1.54) is 12.1 Å². The number of nitrogens with zero attached hydrogens (tertiary/aromatic N) is 2. The van der Waals surface area contributed by atoms with Crippen molar-refractivity contribution in [2.45, 2.75) is 44.2 Å². The average molecular weight is 381 g/mol. The minimum atomic E-state index is -4.80. The molecule has 3 rings (SSSR count). The zero-order valence-electron chi connectivity index (χ0n) is 14.3. The SMILES string of the molecule is O=C(NC1CCC(Oc2ncccn2)CC1)c1cccc(OC(F)(F)F)c1. The van der Waals surface area contributed by atoms with Gasteiger partial charge in [-0.15, -0.1) is 13.2 Å². The predicted molar refractivity (Wildman–Crippen MR) is 89.3 cm³/mol. The van der Waals surface area contributed by atoms with Crippen molar-refractivity contribution in [1.29, 1.82) is 0 Å². The van der Waals surface area contributed by atoms with Crippen molar-refractivity contribution in [3.63, 3.8) is 0 Å². The molecule has 1 saturated carbocycles. The highest BCUT2D eigenvalue weighted by molar-refractivity contribution is 5.94. The fraction of sp³-hybridized carbons (Fsp3) is 0.389. The summed E-state index contributed by atoms with van der Waals surface area (Å²) in [6.45, 7) is 0. The number of aromatic nitrogens is 2. The first-order valence-electron chi connectivity index (χ1n) is 8.49. The summed E-state index contributed by atoms with van der Waals surface area (Å²) < 4.78 is 46.4. The lowest BCUT2D eigenvalue weighted by molar-refractivity contribution is -0.274. The summed E-state index contributed by atoms with van der Waals surface area (Å²) in [4.78, 5) is 20.3. The Morgan fingerprint density at radius 2 is 1.78 bits per heavy atom. The third-order valence-corrected chi connectivity index (χ3v) is 4.15. The third-order valence-electron chi connectivity index (χ3n) is 4.15. The molecule has 2 aromatic rings. The van der Waals surface area contributed by atoms with Crippen molar-refractivity contribution in [3.8, 4) is 11.8 Å². The van der Waals surface area contributed by atoms with E-state index in [0.29, 0.717) is 18.9 Å². The summed E-state index contributed by atoms with van der Waals surface area (Å²) in [5.41, 5.74) is 0.118. The van der Waals surface area contributed by atoms with Gasteiger partial charge >= 0.3 is 12.4 Å². The molecule has 144 valence electrons.